The van der Waals surface area contributed by atoms with Gasteiger partial charge in [0.25, 0.3) is 0 Å². The minimum atomic E-state index is -1.46. The van der Waals surface area contributed by atoms with Gasteiger partial charge in [-0.25, -0.2) is 0 Å². The van der Waals surface area contributed by atoms with Crippen molar-refractivity contribution in [2.45, 2.75) is 24.6 Å². The summed E-state index contributed by atoms with van der Waals surface area (Å²) in [5.74, 6) is -0.0649. The highest BCUT2D eigenvalue weighted by molar-refractivity contribution is 5.64. The highest BCUT2D eigenvalue weighted by Gasteiger charge is 2.38. The molecule has 3 aromatic carbocycles. The topological polar surface area (TPSA) is 57.2 Å². The van der Waals surface area contributed by atoms with Crippen molar-refractivity contribution in [3.8, 4) is 11.5 Å². The van der Waals surface area contributed by atoms with Gasteiger partial charge in [-0.05, 0) is 47.1 Å². The van der Waals surface area contributed by atoms with Crippen molar-refractivity contribution < 1.29 is 24.1 Å². The Labute approximate surface area is 206 Å². The fraction of sp³-hybridized carbons (Fsp3) is 0.200. The molecule has 3 aromatic rings. The molecule has 0 amide bonds. The third-order valence-corrected chi connectivity index (χ3v) is 5.94. The first-order valence-corrected chi connectivity index (χ1v) is 11.4. The first-order valence-electron chi connectivity index (χ1n) is 11.4. The number of aliphatic hydroxyl groups is 1. The summed E-state index contributed by atoms with van der Waals surface area (Å²) in [5.41, 5.74) is 1.83. The molecule has 0 saturated heterocycles. The van der Waals surface area contributed by atoms with Crippen LogP contribution >= 0.6 is 0 Å². The molecule has 0 spiro atoms. The van der Waals surface area contributed by atoms with E-state index in [9.17, 15) is 5.11 Å². The van der Waals surface area contributed by atoms with Crippen LogP contribution in [0.25, 0.3) is 6.08 Å². The third-order valence-electron chi connectivity index (χ3n) is 5.94. The van der Waals surface area contributed by atoms with Crippen molar-refractivity contribution in [2.75, 3.05) is 14.2 Å². The zero-order chi connectivity index (χ0) is 24.7. The van der Waals surface area contributed by atoms with E-state index in [0.29, 0.717) is 35.8 Å². The van der Waals surface area contributed by atoms with E-state index in [4.69, 9.17) is 18.9 Å². The van der Waals surface area contributed by atoms with Gasteiger partial charge in [-0.1, -0.05) is 73.3 Å². The van der Waals surface area contributed by atoms with Crippen LogP contribution in [-0.4, -0.2) is 25.1 Å². The van der Waals surface area contributed by atoms with Gasteiger partial charge in [0.1, 0.15) is 17.1 Å². The number of methoxy groups -OCH3 is 2. The Bertz CT molecular complexity index is 1140. The molecular weight excluding hydrogens is 440 g/mol. The average Bonchev–Trinajstić information content (AvgIpc) is 2.92. The molecule has 0 atom stereocenters. The van der Waals surface area contributed by atoms with Crippen LogP contribution in [0.2, 0.25) is 0 Å². The molecule has 0 fully saturated rings. The second-order valence-electron chi connectivity index (χ2n) is 8.26. The van der Waals surface area contributed by atoms with Crippen LogP contribution in [0.4, 0.5) is 0 Å². The van der Waals surface area contributed by atoms with E-state index in [0.717, 1.165) is 11.1 Å². The molecule has 180 valence electrons. The largest absolute Gasteiger partial charge is 0.497 e. The van der Waals surface area contributed by atoms with Crippen LogP contribution in [0, 0.1) is 0 Å². The number of benzene rings is 3. The normalized spacial score (nSPS) is 15.5. The lowest BCUT2D eigenvalue weighted by Gasteiger charge is -2.35. The van der Waals surface area contributed by atoms with E-state index >= 15 is 0 Å². The summed E-state index contributed by atoms with van der Waals surface area (Å²) >= 11 is 0. The van der Waals surface area contributed by atoms with Gasteiger partial charge in [-0.15, -0.1) is 0 Å². The van der Waals surface area contributed by atoms with Crippen LogP contribution < -0.4 is 9.47 Å². The summed E-state index contributed by atoms with van der Waals surface area (Å²) in [5, 5.41) is 11.7. The second-order valence-corrected chi connectivity index (χ2v) is 8.26. The molecule has 0 heterocycles. The van der Waals surface area contributed by atoms with E-state index in [2.05, 4.69) is 6.58 Å². The van der Waals surface area contributed by atoms with E-state index in [1.54, 1.807) is 50.7 Å². The molecule has 0 aliphatic heterocycles. The molecule has 5 nitrogen and oxygen atoms in total. The molecule has 4 rings (SSSR count). The lowest BCUT2D eigenvalue weighted by atomic mass is 9.84. The lowest BCUT2D eigenvalue weighted by Crippen LogP contribution is -2.37. The fourth-order valence-corrected chi connectivity index (χ4v) is 4.02. The summed E-state index contributed by atoms with van der Waals surface area (Å²) in [6, 6.07) is 23.3. The number of hydrogen-bond donors (Lipinski definition) is 1. The SMILES string of the molecule is C=Cc1cc(OC)cc(OC)c1C1(O)C=CC(OCc2ccccc2)(OCc2ccccc2)C=C1. The van der Waals surface area contributed by atoms with Crippen LogP contribution in [0.1, 0.15) is 22.3 Å². The Kier molecular flexibility index (Phi) is 7.51. The first kappa shape index (κ1) is 24.5. The van der Waals surface area contributed by atoms with Gasteiger partial charge in [0.2, 0.25) is 5.79 Å². The quantitative estimate of drug-likeness (QED) is 0.300. The molecule has 0 unspecified atom stereocenters. The summed E-state index contributed by atoms with van der Waals surface area (Å²) in [6.45, 7) is 4.58. The van der Waals surface area contributed by atoms with Crippen LogP contribution in [0.3, 0.4) is 0 Å². The molecule has 0 saturated carbocycles. The summed E-state index contributed by atoms with van der Waals surface area (Å²) in [4.78, 5) is 0. The van der Waals surface area contributed by atoms with E-state index in [-0.39, 0.29) is 0 Å². The molecule has 1 N–H and O–H groups in total. The number of hydrogen-bond acceptors (Lipinski definition) is 5. The molecule has 5 heteroatoms. The standard InChI is InChI=1S/C30H30O5/c1-4-25-19-26(32-2)20-27(33-3)28(25)29(31)15-17-30(18-16-29,34-21-23-11-7-5-8-12-23)35-22-24-13-9-6-10-14-24/h4-20,31H,1,21-22H2,2-3H3. The molecule has 0 aromatic heterocycles. The average molecular weight is 471 g/mol. The summed E-state index contributed by atoms with van der Waals surface area (Å²) in [7, 11) is 3.14. The van der Waals surface area contributed by atoms with Gasteiger partial charge >= 0.3 is 0 Å². The van der Waals surface area contributed by atoms with Gasteiger partial charge in [0.05, 0.1) is 27.4 Å². The zero-order valence-corrected chi connectivity index (χ0v) is 20.0. The van der Waals surface area contributed by atoms with Crippen molar-refractivity contribution in [1.82, 2.24) is 0 Å². The Morgan fingerprint density at radius 2 is 1.31 bits per heavy atom. The molecular formula is C30H30O5. The van der Waals surface area contributed by atoms with Crippen molar-refractivity contribution in [3.63, 3.8) is 0 Å². The maximum Gasteiger partial charge on any atom is 0.208 e. The second kappa shape index (κ2) is 10.7. The van der Waals surface area contributed by atoms with Gasteiger partial charge in [-0.3, -0.25) is 0 Å². The predicted molar refractivity (Wildman–Crippen MR) is 137 cm³/mol. The molecule has 1 aliphatic rings. The van der Waals surface area contributed by atoms with Crippen LogP contribution in [0.15, 0.2) is 104 Å². The smallest absolute Gasteiger partial charge is 0.208 e. The molecule has 0 radical (unpaired) electrons. The van der Waals surface area contributed by atoms with Gasteiger partial charge < -0.3 is 24.1 Å². The molecule has 1 aliphatic carbocycles. The zero-order valence-electron chi connectivity index (χ0n) is 20.0. The van der Waals surface area contributed by atoms with E-state index in [1.807, 2.05) is 66.7 Å². The monoisotopic (exact) mass is 470 g/mol. The Morgan fingerprint density at radius 1 is 0.771 bits per heavy atom. The maximum atomic E-state index is 11.7. The van der Waals surface area contributed by atoms with Crippen LogP contribution in [-0.2, 0) is 28.3 Å². The Hall–Kier alpha value is -3.64. The van der Waals surface area contributed by atoms with Gasteiger partial charge in [0.15, 0.2) is 0 Å². The molecule has 35 heavy (non-hydrogen) atoms. The number of ether oxygens (including phenoxy) is 4. The molecule has 0 bridgehead atoms. The first-order chi connectivity index (χ1) is 17.0. The van der Waals surface area contributed by atoms with Crippen molar-refractivity contribution >= 4 is 6.08 Å². The number of rotatable bonds is 10. The van der Waals surface area contributed by atoms with E-state index < -0.39 is 11.4 Å². The predicted octanol–water partition coefficient (Wildman–Crippen LogP) is 5.79. The third kappa shape index (κ3) is 5.54. The summed E-state index contributed by atoms with van der Waals surface area (Å²) < 4.78 is 23.5. The maximum absolute atomic E-state index is 11.7. The Morgan fingerprint density at radius 3 is 1.77 bits per heavy atom. The minimum Gasteiger partial charge on any atom is -0.497 e. The lowest BCUT2D eigenvalue weighted by molar-refractivity contribution is -0.188. The van der Waals surface area contributed by atoms with E-state index in [1.165, 1.54) is 0 Å². The van der Waals surface area contributed by atoms with Crippen molar-refractivity contribution in [3.05, 3.63) is 126 Å². The fourth-order valence-electron chi connectivity index (χ4n) is 4.02. The highest BCUT2D eigenvalue weighted by Crippen LogP contribution is 2.42. The minimum absolute atomic E-state index is 0.340. The van der Waals surface area contributed by atoms with Gasteiger partial charge in [-0.2, -0.15) is 0 Å². The van der Waals surface area contributed by atoms with Gasteiger partial charge in [0, 0.05) is 11.6 Å². The van der Waals surface area contributed by atoms with Crippen molar-refractivity contribution in [2.24, 2.45) is 0 Å². The van der Waals surface area contributed by atoms with Crippen LogP contribution in [0.5, 0.6) is 11.5 Å². The van der Waals surface area contributed by atoms with Crippen molar-refractivity contribution in [1.29, 1.82) is 0 Å². The Balaban J connectivity index is 1.66. The summed E-state index contributed by atoms with van der Waals surface area (Å²) in [6.07, 6.45) is 8.49. The highest BCUT2D eigenvalue weighted by atomic mass is 16.7.